The standard InChI is InChI=1S/C19H27ClN2O/c1-12-5-15(7-16(20)6-12)19(23)22(4)18-10-13-8-17(21(2)3)9-14(13)11-18/h5-7,13-14,17-18H,8-11H2,1-4H3/t13-,14+,17?,18?. The Kier molecular flexibility index (Phi) is 4.70. The molecule has 0 bridgehead atoms. The highest BCUT2D eigenvalue weighted by molar-refractivity contribution is 6.31. The second-order valence-electron chi connectivity index (χ2n) is 7.67. The molecular formula is C19H27ClN2O. The van der Waals surface area contributed by atoms with Gasteiger partial charge in [-0.15, -0.1) is 0 Å². The molecule has 3 nitrogen and oxygen atoms in total. The van der Waals surface area contributed by atoms with Gasteiger partial charge in [0.1, 0.15) is 0 Å². The van der Waals surface area contributed by atoms with Crippen LogP contribution in [-0.2, 0) is 0 Å². The highest BCUT2D eigenvalue weighted by Gasteiger charge is 2.44. The zero-order valence-corrected chi connectivity index (χ0v) is 15.3. The minimum absolute atomic E-state index is 0.102. The Morgan fingerprint density at radius 3 is 2.09 bits per heavy atom. The molecule has 126 valence electrons. The predicted molar refractivity (Wildman–Crippen MR) is 95.0 cm³/mol. The van der Waals surface area contributed by atoms with Gasteiger partial charge in [-0.25, -0.2) is 0 Å². The molecule has 4 heteroatoms. The molecule has 0 aromatic heterocycles. The number of rotatable bonds is 3. The number of aryl methyl sites for hydroxylation is 1. The molecule has 1 aromatic rings. The van der Waals surface area contributed by atoms with Crippen molar-refractivity contribution in [3.8, 4) is 0 Å². The zero-order valence-electron chi connectivity index (χ0n) is 14.6. The molecule has 4 atom stereocenters. The Bertz CT molecular complexity index is 567. The highest BCUT2D eigenvalue weighted by Crippen LogP contribution is 2.46. The number of hydrogen-bond donors (Lipinski definition) is 0. The minimum atomic E-state index is 0.102. The molecule has 0 aliphatic heterocycles. The quantitative estimate of drug-likeness (QED) is 0.838. The first-order chi connectivity index (χ1) is 10.8. The van der Waals surface area contributed by atoms with E-state index in [2.05, 4.69) is 19.0 Å². The molecule has 2 saturated carbocycles. The SMILES string of the molecule is Cc1cc(Cl)cc(C(=O)N(C)C2C[C@H]3CC(N(C)C)C[C@H]3C2)c1. The van der Waals surface area contributed by atoms with Crippen molar-refractivity contribution in [1.29, 1.82) is 0 Å². The maximum Gasteiger partial charge on any atom is 0.253 e. The summed E-state index contributed by atoms with van der Waals surface area (Å²) in [4.78, 5) is 17.1. The first-order valence-corrected chi connectivity index (χ1v) is 8.93. The summed E-state index contributed by atoms with van der Waals surface area (Å²) in [5.74, 6) is 1.66. The van der Waals surface area contributed by atoms with Crippen LogP contribution in [0.3, 0.4) is 0 Å². The van der Waals surface area contributed by atoms with E-state index in [9.17, 15) is 4.79 Å². The summed E-state index contributed by atoms with van der Waals surface area (Å²) < 4.78 is 0. The Morgan fingerprint density at radius 1 is 1.00 bits per heavy atom. The normalized spacial score (nSPS) is 29.8. The molecule has 0 N–H and O–H groups in total. The van der Waals surface area contributed by atoms with Crippen LogP contribution in [0.15, 0.2) is 18.2 Å². The Balaban J connectivity index is 1.66. The van der Waals surface area contributed by atoms with Gasteiger partial charge in [0, 0.05) is 29.7 Å². The van der Waals surface area contributed by atoms with E-state index in [0.29, 0.717) is 16.6 Å². The predicted octanol–water partition coefficient (Wildman–Crippen LogP) is 3.84. The van der Waals surface area contributed by atoms with Crippen molar-refractivity contribution in [1.82, 2.24) is 9.80 Å². The van der Waals surface area contributed by atoms with Crippen LogP contribution in [0.4, 0.5) is 0 Å². The average molecular weight is 335 g/mol. The number of carbonyl (C=O) groups excluding carboxylic acids is 1. The topological polar surface area (TPSA) is 23.6 Å². The lowest BCUT2D eigenvalue weighted by Crippen LogP contribution is -2.36. The van der Waals surface area contributed by atoms with E-state index in [4.69, 9.17) is 11.6 Å². The van der Waals surface area contributed by atoms with Crippen molar-refractivity contribution < 1.29 is 4.79 Å². The van der Waals surface area contributed by atoms with Crippen molar-refractivity contribution in [3.63, 3.8) is 0 Å². The molecule has 0 radical (unpaired) electrons. The molecule has 3 rings (SSSR count). The molecule has 0 saturated heterocycles. The third-order valence-electron chi connectivity index (χ3n) is 5.85. The van der Waals surface area contributed by atoms with E-state index in [1.54, 1.807) is 6.07 Å². The van der Waals surface area contributed by atoms with Crippen molar-refractivity contribution in [3.05, 3.63) is 34.3 Å². The fourth-order valence-electron chi connectivity index (χ4n) is 4.52. The third-order valence-corrected chi connectivity index (χ3v) is 6.07. The number of nitrogens with zero attached hydrogens (tertiary/aromatic N) is 2. The van der Waals surface area contributed by atoms with Gasteiger partial charge < -0.3 is 9.80 Å². The summed E-state index contributed by atoms with van der Waals surface area (Å²) in [6, 6.07) is 6.70. The summed E-state index contributed by atoms with van der Waals surface area (Å²) in [5, 5.41) is 0.638. The van der Waals surface area contributed by atoms with Gasteiger partial charge in [-0.3, -0.25) is 4.79 Å². The lowest BCUT2D eigenvalue weighted by atomic mass is 10.0. The fourth-order valence-corrected chi connectivity index (χ4v) is 4.81. The summed E-state index contributed by atoms with van der Waals surface area (Å²) in [6.07, 6.45) is 4.87. The molecule has 0 spiro atoms. The summed E-state index contributed by atoms with van der Waals surface area (Å²) >= 11 is 6.11. The van der Waals surface area contributed by atoms with E-state index in [-0.39, 0.29) is 5.91 Å². The van der Waals surface area contributed by atoms with Gasteiger partial charge in [0.15, 0.2) is 0 Å². The maximum absolute atomic E-state index is 12.8. The van der Waals surface area contributed by atoms with Crippen LogP contribution in [0.2, 0.25) is 5.02 Å². The van der Waals surface area contributed by atoms with E-state index in [1.165, 1.54) is 12.8 Å². The van der Waals surface area contributed by atoms with Gasteiger partial charge in [0.05, 0.1) is 0 Å². The fraction of sp³-hybridized carbons (Fsp3) is 0.632. The molecular weight excluding hydrogens is 308 g/mol. The maximum atomic E-state index is 12.8. The summed E-state index contributed by atoms with van der Waals surface area (Å²) in [7, 11) is 6.31. The Morgan fingerprint density at radius 2 is 1.57 bits per heavy atom. The monoisotopic (exact) mass is 334 g/mol. The smallest absolute Gasteiger partial charge is 0.253 e. The van der Waals surface area contributed by atoms with Gasteiger partial charge in [0.2, 0.25) is 0 Å². The average Bonchev–Trinajstić information content (AvgIpc) is 3.03. The van der Waals surface area contributed by atoms with E-state index < -0.39 is 0 Å². The Labute approximate surface area is 144 Å². The van der Waals surface area contributed by atoms with Gasteiger partial charge in [0.25, 0.3) is 5.91 Å². The van der Waals surface area contributed by atoms with Crippen LogP contribution < -0.4 is 0 Å². The summed E-state index contributed by atoms with van der Waals surface area (Å²) in [6.45, 7) is 1.98. The highest BCUT2D eigenvalue weighted by atomic mass is 35.5. The molecule has 1 aromatic carbocycles. The van der Waals surface area contributed by atoms with Gasteiger partial charge in [-0.2, -0.15) is 0 Å². The van der Waals surface area contributed by atoms with Crippen LogP contribution in [0.5, 0.6) is 0 Å². The number of amides is 1. The molecule has 1 amide bonds. The van der Waals surface area contributed by atoms with Crippen LogP contribution in [0, 0.1) is 18.8 Å². The molecule has 2 aliphatic rings. The Hall–Kier alpha value is -1.06. The van der Waals surface area contributed by atoms with Crippen molar-refractivity contribution in [2.45, 2.75) is 44.7 Å². The molecule has 23 heavy (non-hydrogen) atoms. The molecule has 2 aliphatic carbocycles. The van der Waals surface area contributed by atoms with Gasteiger partial charge in [-0.05, 0) is 82.3 Å². The largest absolute Gasteiger partial charge is 0.339 e. The lowest BCUT2D eigenvalue weighted by Gasteiger charge is -2.27. The number of benzene rings is 1. The zero-order chi connectivity index (χ0) is 16.7. The molecule has 2 unspecified atom stereocenters. The second-order valence-corrected chi connectivity index (χ2v) is 8.10. The number of carbonyl (C=O) groups is 1. The van der Waals surface area contributed by atoms with Crippen LogP contribution in [-0.4, -0.2) is 48.9 Å². The van der Waals surface area contributed by atoms with E-state index in [1.807, 2.05) is 31.0 Å². The lowest BCUT2D eigenvalue weighted by molar-refractivity contribution is 0.0726. The van der Waals surface area contributed by atoms with E-state index >= 15 is 0 Å². The van der Waals surface area contributed by atoms with Gasteiger partial charge >= 0.3 is 0 Å². The van der Waals surface area contributed by atoms with Gasteiger partial charge in [-0.1, -0.05) is 11.6 Å². The first kappa shape index (κ1) is 16.8. The molecule has 2 fully saturated rings. The number of hydrogen-bond acceptors (Lipinski definition) is 2. The minimum Gasteiger partial charge on any atom is -0.339 e. The van der Waals surface area contributed by atoms with Crippen LogP contribution in [0.25, 0.3) is 0 Å². The number of fused-ring (bicyclic) bond motifs is 1. The first-order valence-electron chi connectivity index (χ1n) is 8.56. The number of halogens is 1. The van der Waals surface area contributed by atoms with E-state index in [0.717, 1.165) is 36.3 Å². The van der Waals surface area contributed by atoms with Crippen molar-refractivity contribution in [2.75, 3.05) is 21.1 Å². The van der Waals surface area contributed by atoms with Crippen molar-refractivity contribution >= 4 is 17.5 Å². The van der Waals surface area contributed by atoms with Crippen molar-refractivity contribution in [2.24, 2.45) is 11.8 Å². The van der Waals surface area contributed by atoms with Crippen LogP contribution >= 0.6 is 11.6 Å². The second kappa shape index (κ2) is 6.45. The summed E-state index contributed by atoms with van der Waals surface area (Å²) in [5.41, 5.74) is 1.74. The van der Waals surface area contributed by atoms with Crippen LogP contribution in [0.1, 0.15) is 41.6 Å². The third kappa shape index (κ3) is 3.41. The molecule has 0 heterocycles.